The molecule has 1 heterocycles. The van der Waals surface area contributed by atoms with Gasteiger partial charge in [0.15, 0.2) is 5.82 Å². The van der Waals surface area contributed by atoms with E-state index in [-0.39, 0.29) is 5.56 Å². The van der Waals surface area contributed by atoms with Crippen molar-refractivity contribution in [3.63, 3.8) is 0 Å². The van der Waals surface area contributed by atoms with Gasteiger partial charge in [0.25, 0.3) is 5.56 Å². The number of nitrogens with one attached hydrogen (secondary N) is 1. The molecule has 15 heavy (non-hydrogen) atoms. The SMILES string of the molecule is Cn1ccnc(NCCC2CCC2)c1=O. The Morgan fingerprint density at radius 1 is 1.60 bits per heavy atom. The van der Waals surface area contributed by atoms with E-state index in [1.165, 1.54) is 19.3 Å². The smallest absolute Gasteiger partial charge is 0.293 e. The van der Waals surface area contributed by atoms with Crippen LogP contribution in [0.3, 0.4) is 0 Å². The third kappa shape index (κ3) is 2.37. The van der Waals surface area contributed by atoms with Gasteiger partial charge in [-0.15, -0.1) is 0 Å². The second-order valence-corrected chi connectivity index (χ2v) is 4.20. The van der Waals surface area contributed by atoms with Crippen molar-refractivity contribution in [2.45, 2.75) is 25.7 Å². The van der Waals surface area contributed by atoms with Crippen LogP contribution in [0.5, 0.6) is 0 Å². The topological polar surface area (TPSA) is 46.9 Å². The van der Waals surface area contributed by atoms with Gasteiger partial charge < -0.3 is 9.88 Å². The van der Waals surface area contributed by atoms with Gasteiger partial charge in [0.2, 0.25) is 0 Å². The standard InChI is InChI=1S/C11H17N3O/c1-14-8-7-13-10(11(14)15)12-6-5-9-3-2-4-9/h7-9H,2-6H2,1H3,(H,12,13). The lowest BCUT2D eigenvalue weighted by Gasteiger charge is -2.25. The highest BCUT2D eigenvalue weighted by atomic mass is 16.1. The summed E-state index contributed by atoms with van der Waals surface area (Å²) in [6.45, 7) is 0.858. The minimum Gasteiger partial charge on any atom is -0.365 e. The molecular formula is C11H17N3O. The van der Waals surface area contributed by atoms with Crippen molar-refractivity contribution < 1.29 is 0 Å². The average Bonchev–Trinajstić information content (AvgIpc) is 2.16. The van der Waals surface area contributed by atoms with Gasteiger partial charge in [0, 0.05) is 26.0 Å². The highest BCUT2D eigenvalue weighted by molar-refractivity contribution is 5.30. The zero-order chi connectivity index (χ0) is 10.7. The Hall–Kier alpha value is -1.32. The molecule has 1 N–H and O–H groups in total. The van der Waals surface area contributed by atoms with Gasteiger partial charge in [-0.3, -0.25) is 4.79 Å². The largest absolute Gasteiger partial charge is 0.365 e. The normalized spacial score (nSPS) is 16.1. The van der Waals surface area contributed by atoms with Gasteiger partial charge in [0.05, 0.1) is 0 Å². The van der Waals surface area contributed by atoms with E-state index < -0.39 is 0 Å². The summed E-state index contributed by atoms with van der Waals surface area (Å²) >= 11 is 0. The summed E-state index contributed by atoms with van der Waals surface area (Å²) in [6, 6.07) is 0. The number of hydrogen-bond donors (Lipinski definition) is 1. The predicted molar refractivity (Wildman–Crippen MR) is 59.9 cm³/mol. The molecule has 1 aromatic heterocycles. The lowest BCUT2D eigenvalue weighted by Crippen LogP contribution is -2.23. The van der Waals surface area contributed by atoms with Gasteiger partial charge in [-0.25, -0.2) is 4.98 Å². The number of anilines is 1. The summed E-state index contributed by atoms with van der Waals surface area (Å²) in [5, 5.41) is 3.11. The van der Waals surface area contributed by atoms with Gasteiger partial charge >= 0.3 is 0 Å². The first kappa shape index (κ1) is 10.2. The van der Waals surface area contributed by atoms with Crippen LogP contribution in [0.15, 0.2) is 17.2 Å². The fraction of sp³-hybridized carbons (Fsp3) is 0.636. The molecule has 0 aromatic carbocycles. The Kier molecular flexibility index (Phi) is 3.04. The molecule has 1 saturated carbocycles. The molecular weight excluding hydrogens is 190 g/mol. The van der Waals surface area contributed by atoms with Crippen LogP contribution >= 0.6 is 0 Å². The first-order chi connectivity index (χ1) is 7.27. The molecule has 0 atom stereocenters. The highest BCUT2D eigenvalue weighted by Crippen LogP contribution is 2.28. The molecule has 82 valence electrons. The number of rotatable bonds is 4. The summed E-state index contributed by atoms with van der Waals surface area (Å²) in [5.74, 6) is 1.34. The van der Waals surface area contributed by atoms with Gasteiger partial charge in [-0.2, -0.15) is 0 Å². The third-order valence-corrected chi connectivity index (χ3v) is 3.09. The average molecular weight is 207 g/mol. The molecule has 1 aromatic rings. The molecule has 0 amide bonds. The van der Waals surface area contributed by atoms with E-state index in [1.54, 1.807) is 24.0 Å². The fourth-order valence-corrected chi connectivity index (χ4v) is 1.80. The number of aromatic nitrogens is 2. The van der Waals surface area contributed by atoms with E-state index in [4.69, 9.17) is 0 Å². The fourth-order valence-electron chi connectivity index (χ4n) is 1.80. The molecule has 0 saturated heterocycles. The zero-order valence-corrected chi connectivity index (χ0v) is 9.07. The van der Waals surface area contributed by atoms with Crippen LogP contribution in [0, 0.1) is 5.92 Å². The van der Waals surface area contributed by atoms with Gasteiger partial charge in [-0.05, 0) is 12.3 Å². The predicted octanol–water partition coefficient (Wildman–Crippen LogP) is 1.38. The molecule has 1 aliphatic carbocycles. The maximum absolute atomic E-state index is 11.6. The second-order valence-electron chi connectivity index (χ2n) is 4.20. The molecule has 1 fully saturated rings. The van der Waals surface area contributed by atoms with E-state index in [9.17, 15) is 4.79 Å². The Bertz CT molecular complexity index is 382. The van der Waals surface area contributed by atoms with Crippen LogP contribution in [-0.2, 0) is 7.05 Å². The van der Waals surface area contributed by atoms with Gasteiger partial charge in [0.1, 0.15) is 0 Å². The minimum absolute atomic E-state index is 0.0499. The van der Waals surface area contributed by atoms with E-state index in [1.807, 2.05) is 0 Å². The maximum Gasteiger partial charge on any atom is 0.293 e. The van der Waals surface area contributed by atoms with Crippen LogP contribution in [0.2, 0.25) is 0 Å². The summed E-state index contributed by atoms with van der Waals surface area (Å²) in [6.07, 6.45) is 8.53. The highest BCUT2D eigenvalue weighted by Gasteiger charge is 2.16. The summed E-state index contributed by atoms with van der Waals surface area (Å²) in [7, 11) is 1.74. The lowest BCUT2D eigenvalue weighted by atomic mass is 9.83. The second kappa shape index (κ2) is 4.47. The van der Waals surface area contributed by atoms with Crippen molar-refractivity contribution in [1.82, 2.24) is 9.55 Å². The van der Waals surface area contributed by atoms with Gasteiger partial charge in [-0.1, -0.05) is 19.3 Å². The summed E-state index contributed by atoms with van der Waals surface area (Å²) < 4.78 is 1.54. The Morgan fingerprint density at radius 2 is 2.40 bits per heavy atom. The van der Waals surface area contributed by atoms with Crippen molar-refractivity contribution in [3.8, 4) is 0 Å². The molecule has 0 aliphatic heterocycles. The van der Waals surface area contributed by atoms with Crippen LogP contribution in [0.4, 0.5) is 5.82 Å². The quantitative estimate of drug-likeness (QED) is 0.811. The first-order valence-corrected chi connectivity index (χ1v) is 5.53. The summed E-state index contributed by atoms with van der Waals surface area (Å²) in [5.41, 5.74) is -0.0499. The molecule has 0 unspecified atom stereocenters. The van der Waals surface area contributed by atoms with E-state index in [0.717, 1.165) is 18.9 Å². The van der Waals surface area contributed by atoms with Crippen molar-refractivity contribution in [2.24, 2.45) is 13.0 Å². The Labute approximate surface area is 89.3 Å². The van der Waals surface area contributed by atoms with Crippen molar-refractivity contribution >= 4 is 5.82 Å². The van der Waals surface area contributed by atoms with Crippen molar-refractivity contribution in [3.05, 3.63) is 22.7 Å². The Morgan fingerprint density at radius 3 is 3.07 bits per heavy atom. The van der Waals surface area contributed by atoms with Crippen LogP contribution in [-0.4, -0.2) is 16.1 Å². The van der Waals surface area contributed by atoms with Crippen molar-refractivity contribution in [2.75, 3.05) is 11.9 Å². The number of hydrogen-bond acceptors (Lipinski definition) is 3. The van der Waals surface area contributed by atoms with Crippen molar-refractivity contribution in [1.29, 1.82) is 0 Å². The first-order valence-electron chi connectivity index (χ1n) is 5.53. The number of nitrogens with zero attached hydrogens (tertiary/aromatic N) is 2. The molecule has 0 bridgehead atoms. The minimum atomic E-state index is -0.0499. The number of aryl methyl sites for hydroxylation is 1. The third-order valence-electron chi connectivity index (χ3n) is 3.09. The van der Waals surface area contributed by atoms with E-state index in [0.29, 0.717) is 5.82 Å². The van der Waals surface area contributed by atoms with Crippen LogP contribution in [0.1, 0.15) is 25.7 Å². The van der Waals surface area contributed by atoms with E-state index in [2.05, 4.69) is 10.3 Å². The summed E-state index contributed by atoms with van der Waals surface area (Å²) in [4.78, 5) is 15.6. The lowest BCUT2D eigenvalue weighted by molar-refractivity contribution is 0.303. The molecule has 4 nitrogen and oxygen atoms in total. The maximum atomic E-state index is 11.6. The molecule has 4 heteroatoms. The molecule has 0 radical (unpaired) electrons. The molecule has 2 rings (SSSR count). The molecule has 1 aliphatic rings. The zero-order valence-electron chi connectivity index (χ0n) is 9.07. The molecule has 0 spiro atoms. The van der Waals surface area contributed by atoms with E-state index >= 15 is 0 Å². The van der Waals surface area contributed by atoms with Crippen LogP contribution < -0.4 is 10.9 Å². The monoisotopic (exact) mass is 207 g/mol. The van der Waals surface area contributed by atoms with Crippen LogP contribution in [0.25, 0.3) is 0 Å². The Balaban J connectivity index is 1.87.